The van der Waals surface area contributed by atoms with Crippen LogP contribution in [0.1, 0.15) is 62.7 Å². The summed E-state index contributed by atoms with van der Waals surface area (Å²) in [4.78, 5) is 11.1. The number of nitrogens with zero attached hydrogens (tertiary/aromatic N) is 1. The van der Waals surface area contributed by atoms with E-state index in [-0.39, 0.29) is 17.4 Å². The largest absolute Gasteiger partial charge is 0.388 e. The molecule has 3 N–H and O–H groups in total. The standard InChI is InChI=1S/C15H24N2O2/c1-9-5-11-12(7-15(3,4)8-13(11)18)17(9)10(2)6-14(16)19/h5,10,13,18H,6-8H2,1-4H3,(H2,16,19). The number of primary amides is 1. The van der Waals surface area contributed by atoms with Gasteiger partial charge < -0.3 is 15.4 Å². The van der Waals surface area contributed by atoms with Crippen molar-refractivity contribution >= 4 is 5.91 Å². The molecule has 0 fully saturated rings. The molecule has 1 amide bonds. The zero-order valence-corrected chi connectivity index (χ0v) is 12.2. The van der Waals surface area contributed by atoms with Crippen LogP contribution < -0.4 is 5.73 Å². The van der Waals surface area contributed by atoms with Crippen LogP contribution in [0, 0.1) is 12.3 Å². The Kier molecular flexibility index (Phi) is 3.47. The minimum Gasteiger partial charge on any atom is -0.388 e. The first-order chi connectivity index (χ1) is 8.71. The van der Waals surface area contributed by atoms with Crippen LogP contribution in [0.4, 0.5) is 0 Å². The molecule has 4 nitrogen and oxygen atoms in total. The van der Waals surface area contributed by atoms with E-state index in [0.717, 1.165) is 29.8 Å². The highest BCUT2D eigenvalue weighted by Crippen LogP contribution is 2.43. The van der Waals surface area contributed by atoms with Gasteiger partial charge in [0.1, 0.15) is 0 Å². The van der Waals surface area contributed by atoms with Gasteiger partial charge in [-0.2, -0.15) is 0 Å². The van der Waals surface area contributed by atoms with Crippen molar-refractivity contribution in [2.24, 2.45) is 11.1 Å². The fourth-order valence-electron chi connectivity index (χ4n) is 3.36. The smallest absolute Gasteiger partial charge is 0.219 e. The van der Waals surface area contributed by atoms with E-state index in [2.05, 4.69) is 18.4 Å². The zero-order valence-electron chi connectivity index (χ0n) is 12.2. The number of rotatable bonds is 3. The second-order valence-corrected chi connectivity index (χ2v) is 6.64. The predicted octanol–water partition coefficient (Wildman–Crippen LogP) is 2.24. The predicted molar refractivity (Wildman–Crippen MR) is 74.8 cm³/mol. The summed E-state index contributed by atoms with van der Waals surface area (Å²) in [6.07, 6.45) is 1.64. The molecule has 0 aliphatic heterocycles. The van der Waals surface area contributed by atoms with E-state index in [9.17, 15) is 9.90 Å². The maximum atomic E-state index is 11.1. The molecule has 0 bridgehead atoms. The van der Waals surface area contributed by atoms with Crippen molar-refractivity contribution in [1.82, 2.24) is 4.57 Å². The summed E-state index contributed by atoms with van der Waals surface area (Å²) in [5.74, 6) is -0.287. The van der Waals surface area contributed by atoms with Crippen LogP contribution in [0.5, 0.6) is 0 Å². The number of aromatic nitrogens is 1. The third kappa shape index (κ3) is 2.68. The average Bonchev–Trinajstić information content (AvgIpc) is 2.52. The maximum absolute atomic E-state index is 11.1. The van der Waals surface area contributed by atoms with E-state index in [1.807, 2.05) is 19.9 Å². The monoisotopic (exact) mass is 264 g/mol. The molecular weight excluding hydrogens is 240 g/mol. The summed E-state index contributed by atoms with van der Waals surface area (Å²) < 4.78 is 2.17. The Morgan fingerprint density at radius 1 is 1.63 bits per heavy atom. The SMILES string of the molecule is Cc1cc2c(n1C(C)CC(N)=O)CC(C)(C)CC2O. The summed E-state index contributed by atoms with van der Waals surface area (Å²) >= 11 is 0. The van der Waals surface area contributed by atoms with Gasteiger partial charge in [0, 0.05) is 29.4 Å². The summed E-state index contributed by atoms with van der Waals surface area (Å²) in [5, 5.41) is 10.3. The van der Waals surface area contributed by atoms with Crippen molar-refractivity contribution in [3.8, 4) is 0 Å². The number of hydrogen-bond donors (Lipinski definition) is 2. The second-order valence-electron chi connectivity index (χ2n) is 6.64. The van der Waals surface area contributed by atoms with Gasteiger partial charge in [0.25, 0.3) is 0 Å². The molecule has 1 aliphatic carbocycles. The molecule has 1 aromatic heterocycles. The third-order valence-corrected chi connectivity index (χ3v) is 4.06. The Bertz CT molecular complexity index is 502. The number of aliphatic hydroxyl groups is 1. The topological polar surface area (TPSA) is 68.2 Å². The Balaban J connectivity index is 2.44. The molecule has 4 heteroatoms. The highest BCUT2D eigenvalue weighted by Gasteiger charge is 2.34. The molecule has 2 atom stereocenters. The number of fused-ring (bicyclic) bond motifs is 1. The summed E-state index contributed by atoms with van der Waals surface area (Å²) in [5.41, 5.74) is 8.67. The van der Waals surface area contributed by atoms with Crippen LogP contribution in [0.3, 0.4) is 0 Å². The number of nitrogens with two attached hydrogens (primary N) is 1. The van der Waals surface area contributed by atoms with E-state index in [1.165, 1.54) is 0 Å². The van der Waals surface area contributed by atoms with E-state index >= 15 is 0 Å². The molecule has 1 heterocycles. The lowest BCUT2D eigenvalue weighted by atomic mass is 9.75. The lowest BCUT2D eigenvalue weighted by Gasteiger charge is -2.34. The van der Waals surface area contributed by atoms with E-state index in [0.29, 0.717) is 6.42 Å². The van der Waals surface area contributed by atoms with E-state index in [1.54, 1.807) is 0 Å². The Labute approximate surface area is 114 Å². The summed E-state index contributed by atoms with van der Waals surface area (Å²) in [6, 6.07) is 2.09. The van der Waals surface area contributed by atoms with Crippen molar-refractivity contribution in [2.45, 2.75) is 59.1 Å². The molecule has 0 saturated carbocycles. The Morgan fingerprint density at radius 3 is 2.84 bits per heavy atom. The lowest BCUT2D eigenvalue weighted by molar-refractivity contribution is -0.118. The number of amides is 1. The van der Waals surface area contributed by atoms with Gasteiger partial charge in [0.2, 0.25) is 5.91 Å². The number of carbonyl (C=O) groups is 1. The summed E-state index contributed by atoms with van der Waals surface area (Å²) in [7, 11) is 0. The first-order valence-corrected chi connectivity index (χ1v) is 6.88. The normalized spacial score (nSPS) is 22.9. The summed E-state index contributed by atoms with van der Waals surface area (Å²) in [6.45, 7) is 8.37. The van der Waals surface area contributed by atoms with Crippen LogP contribution in [0.25, 0.3) is 0 Å². The highest BCUT2D eigenvalue weighted by atomic mass is 16.3. The van der Waals surface area contributed by atoms with Gasteiger partial charge in [-0.3, -0.25) is 4.79 Å². The molecule has 0 aromatic carbocycles. The molecular formula is C15H24N2O2. The van der Waals surface area contributed by atoms with Gasteiger partial charge in [-0.05, 0) is 38.2 Å². The van der Waals surface area contributed by atoms with E-state index in [4.69, 9.17) is 5.73 Å². The Morgan fingerprint density at radius 2 is 2.26 bits per heavy atom. The van der Waals surface area contributed by atoms with Gasteiger partial charge >= 0.3 is 0 Å². The first kappa shape index (κ1) is 14.1. The van der Waals surface area contributed by atoms with Gasteiger partial charge in [0.05, 0.1) is 6.10 Å². The Hall–Kier alpha value is -1.29. The molecule has 19 heavy (non-hydrogen) atoms. The number of aliphatic hydroxyl groups excluding tert-OH is 1. The van der Waals surface area contributed by atoms with E-state index < -0.39 is 6.10 Å². The maximum Gasteiger partial charge on any atom is 0.219 e. The van der Waals surface area contributed by atoms with Gasteiger partial charge in [0.15, 0.2) is 0 Å². The highest BCUT2D eigenvalue weighted by molar-refractivity contribution is 5.74. The molecule has 1 aromatic rings. The molecule has 106 valence electrons. The number of hydrogen-bond acceptors (Lipinski definition) is 2. The lowest BCUT2D eigenvalue weighted by Crippen LogP contribution is -2.28. The van der Waals surface area contributed by atoms with Crippen molar-refractivity contribution in [2.75, 3.05) is 0 Å². The van der Waals surface area contributed by atoms with Crippen LogP contribution >= 0.6 is 0 Å². The van der Waals surface area contributed by atoms with Crippen molar-refractivity contribution in [3.05, 3.63) is 23.0 Å². The molecule has 1 aliphatic rings. The van der Waals surface area contributed by atoms with Crippen LogP contribution in [0.2, 0.25) is 0 Å². The fourth-order valence-corrected chi connectivity index (χ4v) is 3.36. The molecule has 2 unspecified atom stereocenters. The molecule has 0 radical (unpaired) electrons. The number of aryl methyl sites for hydroxylation is 1. The quantitative estimate of drug-likeness (QED) is 0.879. The average molecular weight is 264 g/mol. The van der Waals surface area contributed by atoms with Crippen molar-refractivity contribution in [1.29, 1.82) is 0 Å². The minimum atomic E-state index is -0.403. The first-order valence-electron chi connectivity index (χ1n) is 6.88. The second kappa shape index (κ2) is 4.67. The van der Waals surface area contributed by atoms with Crippen molar-refractivity contribution in [3.63, 3.8) is 0 Å². The number of carbonyl (C=O) groups excluding carboxylic acids is 1. The van der Waals surface area contributed by atoms with Crippen LogP contribution in [-0.2, 0) is 11.2 Å². The minimum absolute atomic E-state index is 0.0438. The molecule has 0 spiro atoms. The van der Waals surface area contributed by atoms with Gasteiger partial charge in [-0.1, -0.05) is 13.8 Å². The van der Waals surface area contributed by atoms with Gasteiger partial charge in [-0.25, -0.2) is 0 Å². The zero-order chi connectivity index (χ0) is 14.4. The van der Waals surface area contributed by atoms with Gasteiger partial charge in [-0.15, -0.1) is 0 Å². The molecule has 0 saturated heterocycles. The van der Waals surface area contributed by atoms with Crippen LogP contribution in [-0.4, -0.2) is 15.6 Å². The third-order valence-electron chi connectivity index (χ3n) is 4.06. The van der Waals surface area contributed by atoms with Crippen LogP contribution in [0.15, 0.2) is 6.07 Å². The van der Waals surface area contributed by atoms with Crippen molar-refractivity contribution < 1.29 is 9.90 Å². The fraction of sp³-hybridized carbons (Fsp3) is 0.667. The molecule has 2 rings (SSSR count).